The first kappa shape index (κ1) is 30.0. The van der Waals surface area contributed by atoms with Crippen LogP contribution in [0.2, 0.25) is 0 Å². The van der Waals surface area contributed by atoms with Gasteiger partial charge in [0.2, 0.25) is 0 Å². The normalized spacial score (nSPS) is 16.2. The van der Waals surface area contributed by atoms with Gasteiger partial charge >= 0.3 is 0 Å². The Hall–Kier alpha value is -0.0400. The van der Waals surface area contributed by atoms with Crippen molar-refractivity contribution in [1.29, 1.82) is 0 Å². The first-order valence-electron chi connectivity index (χ1n) is 15.6. The molecule has 32 heavy (non-hydrogen) atoms. The van der Waals surface area contributed by atoms with Crippen LogP contribution in [0.25, 0.3) is 0 Å². The summed E-state index contributed by atoms with van der Waals surface area (Å²) in [5, 5.41) is 3.49. The van der Waals surface area contributed by atoms with E-state index in [1.165, 1.54) is 186 Å². The van der Waals surface area contributed by atoms with E-state index in [2.05, 4.69) is 12.2 Å². The van der Waals surface area contributed by atoms with Gasteiger partial charge in [0.1, 0.15) is 0 Å². The molecule has 1 aliphatic rings. The molecule has 1 rings (SSSR count). The van der Waals surface area contributed by atoms with Crippen molar-refractivity contribution in [2.75, 3.05) is 13.1 Å². The van der Waals surface area contributed by atoms with Crippen molar-refractivity contribution in [3.05, 3.63) is 0 Å². The van der Waals surface area contributed by atoms with E-state index in [0.29, 0.717) is 0 Å². The van der Waals surface area contributed by atoms with Crippen molar-refractivity contribution < 1.29 is 0 Å². The van der Waals surface area contributed by atoms with Crippen molar-refractivity contribution in [3.8, 4) is 0 Å². The third kappa shape index (κ3) is 21.8. The third-order valence-electron chi connectivity index (χ3n) is 7.88. The van der Waals surface area contributed by atoms with Gasteiger partial charge in [0.25, 0.3) is 0 Å². The highest BCUT2D eigenvalue weighted by molar-refractivity contribution is 4.70. The average Bonchev–Trinajstić information content (AvgIpc) is 3.32. The summed E-state index contributed by atoms with van der Waals surface area (Å²) in [6, 6.07) is 0. The van der Waals surface area contributed by atoms with Crippen LogP contribution < -0.4 is 5.32 Å². The minimum atomic E-state index is 1.000. The Balaban J connectivity index is 1.60. The fourth-order valence-electron chi connectivity index (χ4n) is 5.53. The first-order valence-corrected chi connectivity index (χ1v) is 15.6. The van der Waals surface area contributed by atoms with E-state index in [-0.39, 0.29) is 0 Å². The highest BCUT2D eigenvalue weighted by atomic mass is 14.9. The van der Waals surface area contributed by atoms with Crippen LogP contribution in [0.15, 0.2) is 0 Å². The van der Waals surface area contributed by atoms with Gasteiger partial charge < -0.3 is 5.32 Å². The Kier molecular flexibility index (Phi) is 24.0. The van der Waals surface area contributed by atoms with Crippen molar-refractivity contribution in [1.82, 2.24) is 5.32 Å². The molecule has 1 atom stereocenters. The van der Waals surface area contributed by atoms with E-state index < -0.39 is 0 Å². The summed E-state index contributed by atoms with van der Waals surface area (Å²) >= 11 is 0. The number of nitrogens with one attached hydrogen (secondary N) is 1. The molecule has 0 aromatic heterocycles. The molecule has 1 heterocycles. The van der Waals surface area contributed by atoms with E-state index in [4.69, 9.17) is 0 Å². The smallest absolute Gasteiger partial charge is 0.00200 e. The van der Waals surface area contributed by atoms with Gasteiger partial charge in [0.15, 0.2) is 0 Å². The standard InChI is InChI=1S/C31H63N/c1-2-3-4-5-6-7-8-9-10-11-12-13-14-15-16-17-18-19-20-21-22-23-24-25-26-27-31-28-29-32-30-31/h31-32H,2-30H2,1H3. The van der Waals surface area contributed by atoms with Crippen LogP contribution in [0.5, 0.6) is 0 Å². The zero-order chi connectivity index (χ0) is 22.8. The predicted octanol–water partition coefficient (Wildman–Crippen LogP) is 10.8. The summed E-state index contributed by atoms with van der Waals surface area (Å²) in [4.78, 5) is 0. The van der Waals surface area contributed by atoms with E-state index >= 15 is 0 Å². The van der Waals surface area contributed by atoms with E-state index in [0.717, 1.165) is 5.92 Å². The van der Waals surface area contributed by atoms with Gasteiger partial charge in [-0.25, -0.2) is 0 Å². The fourth-order valence-corrected chi connectivity index (χ4v) is 5.53. The van der Waals surface area contributed by atoms with Crippen molar-refractivity contribution >= 4 is 0 Å². The monoisotopic (exact) mass is 449 g/mol. The third-order valence-corrected chi connectivity index (χ3v) is 7.88. The van der Waals surface area contributed by atoms with Crippen LogP contribution in [-0.2, 0) is 0 Å². The topological polar surface area (TPSA) is 12.0 Å². The molecule has 1 heteroatoms. The maximum absolute atomic E-state index is 3.49. The van der Waals surface area contributed by atoms with Gasteiger partial charge in [0, 0.05) is 0 Å². The number of hydrogen-bond donors (Lipinski definition) is 1. The van der Waals surface area contributed by atoms with Gasteiger partial charge in [-0.05, 0) is 31.8 Å². The molecule has 192 valence electrons. The highest BCUT2D eigenvalue weighted by Gasteiger charge is 2.12. The molecule has 1 aliphatic heterocycles. The average molecular weight is 450 g/mol. The van der Waals surface area contributed by atoms with Crippen LogP contribution >= 0.6 is 0 Å². The molecule has 1 nitrogen and oxygen atoms in total. The quantitative estimate of drug-likeness (QED) is 0.129. The largest absolute Gasteiger partial charge is 0.316 e. The van der Waals surface area contributed by atoms with Crippen LogP contribution in [0, 0.1) is 5.92 Å². The van der Waals surface area contributed by atoms with Crippen molar-refractivity contribution in [3.63, 3.8) is 0 Å². The van der Waals surface area contributed by atoms with Crippen molar-refractivity contribution in [2.24, 2.45) is 5.92 Å². The van der Waals surface area contributed by atoms with E-state index in [9.17, 15) is 0 Å². The first-order chi connectivity index (χ1) is 15.9. The molecule has 0 spiro atoms. The number of unbranched alkanes of at least 4 members (excludes halogenated alkanes) is 24. The Morgan fingerprint density at radius 1 is 0.438 bits per heavy atom. The molecule has 0 saturated carbocycles. The molecule has 0 bridgehead atoms. The lowest BCUT2D eigenvalue weighted by Crippen LogP contribution is -2.08. The number of hydrogen-bond acceptors (Lipinski definition) is 1. The summed E-state index contributed by atoms with van der Waals surface area (Å²) in [6.45, 7) is 4.87. The van der Waals surface area contributed by atoms with Crippen LogP contribution in [0.3, 0.4) is 0 Å². The zero-order valence-corrected chi connectivity index (χ0v) is 22.6. The number of rotatable bonds is 26. The minimum absolute atomic E-state index is 1.000. The summed E-state index contributed by atoms with van der Waals surface area (Å²) in [6.07, 6.45) is 40.0. The molecule has 0 aromatic carbocycles. The molecular weight excluding hydrogens is 386 g/mol. The summed E-state index contributed by atoms with van der Waals surface area (Å²) in [5.74, 6) is 1.000. The van der Waals surface area contributed by atoms with Gasteiger partial charge in [-0.2, -0.15) is 0 Å². The second kappa shape index (κ2) is 25.6. The fraction of sp³-hybridized carbons (Fsp3) is 1.00. The Morgan fingerprint density at radius 2 is 0.750 bits per heavy atom. The molecule has 0 amide bonds. The maximum Gasteiger partial charge on any atom is -0.00200 e. The lowest BCUT2D eigenvalue weighted by molar-refractivity contribution is 0.477. The van der Waals surface area contributed by atoms with Gasteiger partial charge in [-0.15, -0.1) is 0 Å². The molecule has 1 fully saturated rings. The maximum atomic E-state index is 3.49. The lowest BCUT2D eigenvalue weighted by atomic mass is 9.99. The van der Waals surface area contributed by atoms with Crippen LogP contribution in [-0.4, -0.2) is 13.1 Å². The minimum Gasteiger partial charge on any atom is -0.316 e. The predicted molar refractivity (Wildman–Crippen MR) is 147 cm³/mol. The van der Waals surface area contributed by atoms with Crippen LogP contribution in [0.4, 0.5) is 0 Å². The SMILES string of the molecule is CCCCCCCCCCCCCCCCCCCCCCCCCCCC1CCNC1. The van der Waals surface area contributed by atoms with Gasteiger partial charge in [-0.3, -0.25) is 0 Å². The summed E-state index contributed by atoms with van der Waals surface area (Å²) < 4.78 is 0. The molecule has 1 N–H and O–H groups in total. The Labute approximate surface area is 204 Å². The molecule has 0 aromatic rings. The molecule has 0 aliphatic carbocycles. The van der Waals surface area contributed by atoms with E-state index in [1.54, 1.807) is 0 Å². The Bertz CT molecular complexity index is 333. The molecular formula is C31H63N. The van der Waals surface area contributed by atoms with Crippen LogP contribution in [0.1, 0.15) is 180 Å². The second-order valence-electron chi connectivity index (χ2n) is 11.1. The molecule has 0 radical (unpaired) electrons. The molecule has 1 saturated heterocycles. The zero-order valence-electron chi connectivity index (χ0n) is 22.6. The molecule has 1 unspecified atom stereocenters. The highest BCUT2D eigenvalue weighted by Crippen LogP contribution is 2.18. The summed E-state index contributed by atoms with van der Waals surface area (Å²) in [7, 11) is 0. The Morgan fingerprint density at radius 3 is 1.03 bits per heavy atom. The summed E-state index contributed by atoms with van der Waals surface area (Å²) in [5.41, 5.74) is 0. The van der Waals surface area contributed by atoms with Gasteiger partial charge in [0.05, 0.1) is 0 Å². The van der Waals surface area contributed by atoms with Crippen molar-refractivity contribution in [2.45, 2.75) is 180 Å². The lowest BCUT2D eigenvalue weighted by Gasteiger charge is -2.07. The second-order valence-corrected chi connectivity index (χ2v) is 11.1. The van der Waals surface area contributed by atoms with Gasteiger partial charge in [-0.1, -0.05) is 167 Å². The van der Waals surface area contributed by atoms with E-state index in [1.807, 2.05) is 0 Å².